The van der Waals surface area contributed by atoms with Gasteiger partial charge in [0, 0.05) is 11.4 Å². The molecule has 1 atom stereocenters. The summed E-state index contributed by atoms with van der Waals surface area (Å²) in [6.45, 7) is 3.05. The molecular weight excluding hydrogens is 334 g/mol. The van der Waals surface area contributed by atoms with E-state index in [2.05, 4.69) is 33.3 Å². The third-order valence-corrected chi connectivity index (χ3v) is 4.77. The number of hydrogen-bond donors (Lipinski definition) is 1. The normalized spacial score (nSPS) is 12.9. The average Bonchev–Trinajstić information content (AvgIpc) is 2.91. The van der Waals surface area contributed by atoms with Crippen LogP contribution in [0.25, 0.3) is 0 Å². The van der Waals surface area contributed by atoms with Crippen LogP contribution >= 0.6 is 38.9 Å². The third kappa shape index (κ3) is 2.64. The predicted molar refractivity (Wildman–Crippen MR) is 80.4 cm³/mol. The molecule has 0 saturated heterocycles. The molecule has 2 aromatic heterocycles. The molecule has 98 valence electrons. The highest BCUT2D eigenvalue weighted by atomic mass is 79.9. The summed E-state index contributed by atoms with van der Waals surface area (Å²) in [4.78, 5) is 1.12. The van der Waals surface area contributed by atoms with E-state index < -0.39 is 0 Å². The van der Waals surface area contributed by atoms with Gasteiger partial charge in [-0.3, -0.25) is 4.68 Å². The highest BCUT2D eigenvalue weighted by Gasteiger charge is 2.23. The molecule has 0 bridgehead atoms. The van der Waals surface area contributed by atoms with E-state index in [1.807, 2.05) is 29.4 Å². The predicted octanol–water partition coefficient (Wildman–Crippen LogP) is 4.08. The minimum Gasteiger partial charge on any atom is -0.307 e. The van der Waals surface area contributed by atoms with E-state index in [4.69, 9.17) is 11.6 Å². The zero-order valence-corrected chi connectivity index (χ0v) is 13.4. The fourth-order valence-corrected chi connectivity index (χ4v) is 3.75. The summed E-state index contributed by atoms with van der Waals surface area (Å²) < 4.78 is 3.04. The number of rotatable bonds is 5. The van der Waals surface area contributed by atoms with Crippen molar-refractivity contribution in [3.05, 3.63) is 37.7 Å². The number of nitrogens with zero attached hydrogens (tertiary/aromatic N) is 2. The fourth-order valence-electron chi connectivity index (χ4n) is 1.95. The zero-order chi connectivity index (χ0) is 13.1. The van der Waals surface area contributed by atoms with Crippen LogP contribution < -0.4 is 5.32 Å². The smallest absolute Gasteiger partial charge is 0.0866 e. The van der Waals surface area contributed by atoms with Crippen LogP contribution in [0.1, 0.15) is 30.0 Å². The maximum atomic E-state index is 6.24. The Labute approximate surface area is 124 Å². The van der Waals surface area contributed by atoms with Crippen LogP contribution in [0.3, 0.4) is 0 Å². The molecule has 0 saturated carbocycles. The molecule has 0 spiro atoms. The molecule has 3 nitrogen and oxygen atoms in total. The van der Waals surface area contributed by atoms with Gasteiger partial charge in [0.2, 0.25) is 0 Å². The van der Waals surface area contributed by atoms with Crippen molar-refractivity contribution >= 4 is 38.9 Å². The van der Waals surface area contributed by atoms with Gasteiger partial charge in [0.05, 0.1) is 27.4 Å². The highest BCUT2D eigenvalue weighted by Crippen LogP contribution is 2.35. The Kier molecular flexibility index (Phi) is 4.84. The first kappa shape index (κ1) is 14.1. The molecule has 0 aromatic carbocycles. The molecule has 0 amide bonds. The van der Waals surface area contributed by atoms with Gasteiger partial charge < -0.3 is 5.32 Å². The van der Waals surface area contributed by atoms with Crippen LogP contribution in [-0.4, -0.2) is 16.8 Å². The van der Waals surface area contributed by atoms with E-state index >= 15 is 0 Å². The second kappa shape index (κ2) is 6.19. The molecule has 0 fully saturated rings. The Bertz CT molecular complexity index is 523. The van der Waals surface area contributed by atoms with Crippen LogP contribution in [0.15, 0.2) is 22.1 Å². The monoisotopic (exact) mass is 347 g/mol. The average molecular weight is 349 g/mol. The van der Waals surface area contributed by atoms with Crippen molar-refractivity contribution in [3.63, 3.8) is 0 Å². The number of aromatic nitrogens is 2. The Morgan fingerprint density at radius 2 is 2.39 bits per heavy atom. The van der Waals surface area contributed by atoms with Gasteiger partial charge in [-0.25, -0.2) is 0 Å². The zero-order valence-electron chi connectivity index (χ0n) is 10.3. The molecule has 6 heteroatoms. The SMILES string of the molecule is CCCn1ncc(Br)c1C(NC)c1sccc1Cl. The Morgan fingerprint density at radius 3 is 2.94 bits per heavy atom. The standard InChI is InChI=1S/C12H15BrClN3S/c1-3-5-17-11(8(13)7-16-17)10(15-2)12-9(14)4-6-18-12/h4,6-7,10,15H,3,5H2,1-2H3. The Balaban J connectivity index is 2.45. The molecule has 0 aliphatic heterocycles. The summed E-state index contributed by atoms with van der Waals surface area (Å²) in [5.74, 6) is 0. The van der Waals surface area contributed by atoms with Crippen molar-refractivity contribution < 1.29 is 0 Å². The van der Waals surface area contributed by atoms with Gasteiger partial charge in [-0.1, -0.05) is 18.5 Å². The Morgan fingerprint density at radius 1 is 1.61 bits per heavy atom. The number of aryl methyl sites for hydroxylation is 1. The number of nitrogens with one attached hydrogen (secondary N) is 1. The van der Waals surface area contributed by atoms with Crippen molar-refractivity contribution in [1.82, 2.24) is 15.1 Å². The van der Waals surface area contributed by atoms with Crippen molar-refractivity contribution in [2.45, 2.75) is 25.9 Å². The van der Waals surface area contributed by atoms with E-state index in [-0.39, 0.29) is 6.04 Å². The lowest BCUT2D eigenvalue weighted by molar-refractivity contribution is 0.536. The fraction of sp³-hybridized carbons (Fsp3) is 0.417. The van der Waals surface area contributed by atoms with E-state index in [0.717, 1.165) is 33.0 Å². The van der Waals surface area contributed by atoms with Crippen LogP contribution in [0.2, 0.25) is 5.02 Å². The summed E-state index contributed by atoms with van der Waals surface area (Å²) in [5.41, 5.74) is 1.13. The van der Waals surface area contributed by atoms with Crippen molar-refractivity contribution in [1.29, 1.82) is 0 Å². The second-order valence-corrected chi connectivity index (χ2v) is 6.16. The molecule has 2 aromatic rings. The summed E-state index contributed by atoms with van der Waals surface area (Å²) in [7, 11) is 1.94. The van der Waals surface area contributed by atoms with E-state index in [9.17, 15) is 0 Å². The first-order chi connectivity index (χ1) is 8.69. The quantitative estimate of drug-likeness (QED) is 0.882. The first-order valence-corrected chi connectivity index (χ1v) is 7.85. The maximum absolute atomic E-state index is 6.24. The summed E-state index contributed by atoms with van der Waals surface area (Å²) in [6.07, 6.45) is 2.90. The molecule has 1 N–H and O–H groups in total. The maximum Gasteiger partial charge on any atom is 0.0866 e. The third-order valence-electron chi connectivity index (χ3n) is 2.74. The summed E-state index contributed by atoms with van der Waals surface area (Å²) in [6, 6.07) is 2.00. The Hall–Kier alpha value is -0.360. The molecule has 1 unspecified atom stereocenters. The van der Waals surface area contributed by atoms with Gasteiger partial charge in [-0.2, -0.15) is 5.10 Å². The molecule has 2 heterocycles. The minimum atomic E-state index is 0.0703. The van der Waals surface area contributed by atoms with E-state index in [0.29, 0.717) is 0 Å². The lowest BCUT2D eigenvalue weighted by Crippen LogP contribution is -2.21. The van der Waals surface area contributed by atoms with Gasteiger partial charge in [-0.15, -0.1) is 11.3 Å². The lowest BCUT2D eigenvalue weighted by Gasteiger charge is -2.18. The van der Waals surface area contributed by atoms with Crippen LogP contribution in [-0.2, 0) is 6.54 Å². The topological polar surface area (TPSA) is 29.9 Å². The molecular formula is C12H15BrClN3S. The second-order valence-electron chi connectivity index (χ2n) is 3.96. The number of thiophene rings is 1. The minimum absolute atomic E-state index is 0.0703. The van der Waals surface area contributed by atoms with E-state index in [1.54, 1.807) is 11.3 Å². The van der Waals surface area contributed by atoms with Gasteiger partial charge >= 0.3 is 0 Å². The van der Waals surface area contributed by atoms with Gasteiger partial charge in [-0.05, 0) is 40.8 Å². The lowest BCUT2D eigenvalue weighted by atomic mass is 10.1. The van der Waals surface area contributed by atoms with Crippen LogP contribution in [0.4, 0.5) is 0 Å². The van der Waals surface area contributed by atoms with Crippen molar-refractivity contribution in [3.8, 4) is 0 Å². The molecule has 0 aliphatic carbocycles. The van der Waals surface area contributed by atoms with Crippen LogP contribution in [0.5, 0.6) is 0 Å². The highest BCUT2D eigenvalue weighted by molar-refractivity contribution is 9.10. The first-order valence-electron chi connectivity index (χ1n) is 5.80. The largest absolute Gasteiger partial charge is 0.307 e. The van der Waals surface area contributed by atoms with Crippen molar-refractivity contribution in [2.24, 2.45) is 0 Å². The van der Waals surface area contributed by atoms with Crippen molar-refractivity contribution in [2.75, 3.05) is 7.05 Å². The number of halogens is 2. The van der Waals surface area contributed by atoms with Gasteiger partial charge in [0.1, 0.15) is 0 Å². The van der Waals surface area contributed by atoms with E-state index in [1.165, 1.54) is 0 Å². The molecule has 0 radical (unpaired) electrons. The van der Waals surface area contributed by atoms with Gasteiger partial charge in [0.15, 0.2) is 0 Å². The summed E-state index contributed by atoms with van der Waals surface area (Å²) in [5, 5.41) is 10.5. The van der Waals surface area contributed by atoms with Gasteiger partial charge in [0.25, 0.3) is 0 Å². The number of hydrogen-bond acceptors (Lipinski definition) is 3. The molecule has 0 aliphatic rings. The van der Waals surface area contributed by atoms with Crippen LogP contribution in [0, 0.1) is 0 Å². The molecule has 2 rings (SSSR count). The summed E-state index contributed by atoms with van der Waals surface area (Å²) >= 11 is 11.5. The molecule has 18 heavy (non-hydrogen) atoms.